The molecule has 0 bridgehead atoms. The normalized spacial score (nSPS) is 28.2. The summed E-state index contributed by atoms with van der Waals surface area (Å²) in [6, 6.07) is 8.63. The Morgan fingerprint density at radius 2 is 2.08 bits per heavy atom. The van der Waals surface area contributed by atoms with Gasteiger partial charge in [0, 0.05) is 10.9 Å². The molecule has 64 valence electrons. The summed E-state index contributed by atoms with van der Waals surface area (Å²) in [4.78, 5) is 0.451. The van der Waals surface area contributed by atoms with Crippen molar-refractivity contribution in [1.29, 1.82) is 0 Å². The quantitative estimate of drug-likeness (QED) is 0.675. The number of alkyl halides is 1. The average Bonchev–Trinajstić information content (AvgIpc) is 2.12. The molecule has 1 aromatic carbocycles. The first kappa shape index (κ1) is 8.27. The summed E-state index contributed by atoms with van der Waals surface area (Å²) in [5.74, 6) is 0. The van der Waals surface area contributed by atoms with Crippen molar-refractivity contribution in [2.75, 3.05) is 0 Å². The molecule has 0 spiro atoms. The molecule has 12 heavy (non-hydrogen) atoms. The SMILES string of the molecule is N[C@@H]1c2ccccc2CC[C@H]1Br. The summed E-state index contributed by atoms with van der Waals surface area (Å²) >= 11 is 3.60. The first-order valence-electron chi connectivity index (χ1n) is 4.26. The van der Waals surface area contributed by atoms with E-state index in [9.17, 15) is 0 Å². The van der Waals surface area contributed by atoms with Crippen molar-refractivity contribution >= 4 is 15.9 Å². The standard InChI is InChI=1S/C10H12BrN/c11-9-6-5-7-3-1-2-4-8(7)10(9)12/h1-4,9-10H,5-6,12H2/t9-,10-/m1/s1. The van der Waals surface area contributed by atoms with E-state index in [4.69, 9.17) is 5.73 Å². The molecule has 2 rings (SSSR count). The van der Waals surface area contributed by atoms with Crippen LogP contribution in [-0.2, 0) is 6.42 Å². The van der Waals surface area contributed by atoms with E-state index in [1.54, 1.807) is 0 Å². The molecular formula is C10H12BrN. The number of hydrogen-bond acceptors (Lipinski definition) is 1. The van der Waals surface area contributed by atoms with E-state index in [-0.39, 0.29) is 6.04 Å². The van der Waals surface area contributed by atoms with Crippen molar-refractivity contribution in [2.24, 2.45) is 5.73 Å². The van der Waals surface area contributed by atoms with Crippen LogP contribution in [0.1, 0.15) is 23.6 Å². The molecule has 2 atom stereocenters. The molecule has 1 aliphatic rings. The van der Waals surface area contributed by atoms with Gasteiger partial charge in [-0.15, -0.1) is 0 Å². The zero-order valence-corrected chi connectivity index (χ0v) is 8.42. The van der Waals surface area contributed by atoms with Crippen molar-refractivity contribution in [2.45, 2.75) is 23.7 Å². The third-order valence-electron chi connectivity index (χ3n) is 2.49. The number of benzene rings is 1. The van der Waals surface area contributed by atoms with Crippen molar-refractivity contribution in [1.82, 2.24) is 0 Å². The molecule has 0 saturated heterocycles. The van der Waals surface area contributed by atoms with Crippen molar-refractivity contribution in [3.05, 3.63) is 35.4 Å². The van der Waals surface area contributed by atoms with E-state index in [0.29, 0.717) is 4.83 Å². The van der Waals surface area contributed by atoms with Crippen LogP contribution in [0.15, 0.2) is 24.3 Å². The van der Waals surface area contributed by atoms with Crippen LogP contribution in [0.3, 0.4) is 0 Å². The minimum atomic E-state index is 0.176. The van der Waals surface area contributed by atoms with Gasteiger partial charge in [-0.1, -0.05) is 40.2 Å². The maximum atomic E-state index is 6.04. The van der Waals surface area contributed by atoms with Gasteiger partial charge in [0.15, 0.2) is 0 Å². The summed E-state index contributed by atoms with van der Waals surface area (Å²) in [7, 11) is 0. The van der Waals surface area contributed by atoms with Gasteiger partial charge in [0.1, 0.15) is 0 Å². The largest absolute Gasteiger partial charge is 0.323 e. The average molecular weight is 226 g/mol. The van der Waals surface area contributed by atoms with Gasteiger partial charge in [0.25, 0.3) is 0 Å². The fourth-order valence-corrected chi connectivity index (χ4v) is 2.27. The van der Waals surface area contributed by atoms with E-state index in [2.05, 4.69) is 40.2 Å². The number of nitrogens with two attached hydrogens (primary N) is 1. The molecule has 2 N–H and O–H groups in total. The number of fused-ring (bicyclic) bond motifs is 1. The number of hydrogen-bond donors (Lipinski definition) is 1. The summed E-state index contributed by atoms with van der Waals surface area (Å²) in [6.45, 7) is 0. The predicted molar refractivity (Wildman–Crippen MR) is 54.4 cm³/mol. The lowest BCUT2D eigenvalue weighted by atomic mass is 9.88. The Morgan fingerprint density at radius 1 is 1.33 bits per heavy atom. The second-order valence-corrected chi connectivity index (χ2v) is 4.46. The van der Waals surface area contributed by atoms with Crippen LogP contribution in [0.4, 0.5) is 0 Å². The maximum absolute atomic E-state index is 6.04. The van der Waals surface area contributed by atoms with Gasteiger partial charge in [-0.2, -0.15) is 0 Å². The van der Waals surface area contributed by atoms with Crippen LogP contribution >= 0.6 is 15.9 Å². The first-order valence-corrected chi connectivity index (χ1v) is 5.18. The van der Waals surface area contributed by atoms with Crippen LogP contribution in [0.2, 0.25) is 0 Å². The highest BCUT2D eigenvalue weighted by Gasteiger charge is 2.23. The molecule has 0 aromatic heterocycles. The Kier molecular flexibility index (Phi) is 2.20. The van der Waals surface area contributed by atoms with Crippen LogP contribution < -0.4 is 5.73 Å². The van der Waals surface area contributed by atoms with Crippen molar-refractivity contribution in [3.63, 3.8) is 0 Å². The van der Waals surface area contributed by atoms with Crippen LogP contribution in [0, 0.1) is 0 Å². The van der Waals surface area contributed by atoms with Crippen LogP contribution in [0.5, 0.6) is 0 Å². The fourth-order valence-electron chi connectivity index (χ4n) is 1.75. The Hall–Kier alpha value is -0.340. The van der Waals surface area contributed by atoms with Crippen molar-refractivity contribution < 1.29 is 0 Å². The van der Waals surface area contributed by atoms with E-state index >= 15 is 0 Å². The minimum Gasteiger partial charge on any atom is -0.323 e. The molecule has 0 aliphatic heterocycles. The lowest BCUT2D eigenvalue weighted by Crippen LogP contribution is -2.27. The molecule has 0 fully saturated rings. The Morgan fingerprint density at radius 3 is 2.92 bits per heavy atom. The maximum Gasteiger partial charge on any atom is 0.0424 e. The molecule has 1 aliphatic carbocycles. The Balaban J connectivity index is 2.42. The lowest BCUT2D eigenvalue weighted by molar-refractivity contribution is 0.595. The first-order chi connectivity index (χ1) is 5.79. The number of rotatable bonds is 0. The summed E-state index contributed by atoms with van der Waals surface area (Å²) in [5, 5.41) is 0. The minimum absolute atomic E-state index is 0.176. The zero-order valence-electron chi connectivity index (χ0n) is 6.83. The number of halogens is 1. The monoisotopic (exact) mass is 225 g/mol. The van der Waals surface area contributed by atoms with Gasteiger partial charge >= 0.3 is 0 Å². The molecule has 0 saturated carbocycles. The molecule has 0 radical (unpaired) electrons. The zero-order chi connectivity index (χ0) is 8.55. The fraction of sp³-hybridized carbons (Fsp3) is 0.400. The highest BCUT2D eigenvalue weighted by Crippen LogP contribution is 2.32. The topological polar surface area (TPSA) is 26.0 Å². The smallest absolute Gasteiger partial charge is 0.0424 e. The third-order valence-corrected chi connectivity index (χ3v) is 3.52. The van der Waals surface area contributed by atoms with Gasteiger partial charge < -0.3 is 5.73 Å². The Bertz CT molecular complexity index is 285. The predicted octanol–water partition coefficient (Wildman–Crippen LogP) is 2.40. The van der Waals surface area contributed by atoms with Gasteiger partial charge in [0.2, 0.25) is 0 Å². The van der Waals surface area contributed by atoms with Gasteiger partial charge in [0.05, 0.1) is 0 Å². The van der Waals surface area contributed by atoms with E-state index in [1.807, 2.05) is 0 Å². The second kappa shape index (κ2) is 3.19. The molecule has 0 amide bonds. The third kappa shape index (κ3) is 1.29. The van der Waals surface area contributed by atoms with Crippen molar-refractivity contribution in [3.8, 4) is 0 Å². The van der Waals surface area contributed by atoms with Crippen LogP contribution in [-0.4, -0.2) is 4.83 Å². The van der Waals surface area contributed by atoms with Gasteiger partial charge in [-0.05, 0) is 24.0 Å². The Labute approximate surface area is 81.1 Å². The molecule has 0 unspecified atom stereocenters. The van der Waals surface area contributed by atoms with Gasteiger partial charge in [-0.3, -0.25) is 0 Å². The second-order valence-electron chi connectivity index (χ2n) is 3.28. The van der Waals surface area contributed by atoms with Gasteiger partial charge in [-0.25, -0.2) is 0 Å². The molecule has 1 aromatic rings. The molecule has 0 heterocycles. The number of aryl methyl sites for hydroxylation is 1. The molecular weight excluding hydrogens is 214 g/mol. The summed E-state index contributed by atoms with van der Waals surface area (Å²) < 4.78 is 0. The van der Waals surface area contributed by atoms with Crippen LogP contribution in [0.25, 0.3) is 0 Å². The molecule has 1 nitrogen and oxygen atoms in total. The summed E-state index contributed by atoms with van der Waals surface area (Å²) in [5.41, 5.74) is 8.77. The van der Waals surface area contributed by atoms with E-state index in [1.165, 1.54) is 11.1 Å². The summed E-state index contributed by atoms with van der Waals surface area (Å²) in [6.07, 6.45) is 2.30. The highest BCUT2D eigenvalue weighted by atomic mass is 79.9. The highest BCUT2D eigenvalue weighted by molar-refractivity contribution is 9.09. The lowest BCUT2D eigenvalue weighted by Gasteiger charge is -2.26. The van der Waals surface area contributed by atoms with E-state index < -0.39 is 0 Å². The van der Waals surface area contributed by atoms with E-state index in [0.717, 1.165) is 12.8 Å². The molecule has 2 heteroatoms.